The molecule has 0 saturated carbocycles. The zero-order chi connectivity index (χ0) is 7.56. The molecule has 1 aliphatic rings. The lowest BCUT2D eigenvalue weighted by atomic mass is 9.98. The molecule has 0 spiro atoms. The van der Waals surface area contributed by atoms with Gasteiger partial charge in [0.2, 0.25) is 0 Å². The molecule has 1 heterocycles. The summed E-state index contributed by atoms with van der Waals surface area (Å²) in [5.74, 6) is -0.299. The Labute approximate surface area is 71.8 Å². The summed E-state index contributed by atoms with van der Waals surface area (Å²) in [6.45, 7) is 2.25. The highest BCUT2D eigenvalue weighted by molar-refractivity contribution is 5.95. The fraction of sp³-hybridized carbons (Fsp3) is 0.429. The highest BCUT2D eigenvalue weighted by atomic mass is 35.5. The molecule has 2 N–H and O–H groups in total. The van der Waals surface area contributed by atoms with Crippen LogP contribution in [0.3, 0.4) is 0 Å². The van der Waals surface area contributed by atoms with E-state index in [0.717, 1.165) is 5.57 Å². The van der Waals surface area contributed by atoms with E-state index >= 15 is 0 Å². The fourth-order valence-corrected chi connectivity index (χ4v) is 0.916. The number of hydrogen-bond donors (Lipinski definition) is 1. The number of nitrogens with zero attached hydrogens (tertiary/aromatic N) is 1. The number of allylic oxidation sites excluding steroid dienone is 1. The molecule has 0 aromatic heterocycles. The highest BCUT2D eigenvalue weighted by Gasteiger charge is 2.18. The molecule has 1 aliphatic heterocycles. The molecule has 62 valence electrons. The summed E-state index contributed by atoms with van der Waals surface area (Å²) in [4.78, 5) is 14.5. The topological polar surface area (TPSA) is 55.5 Å². The number of halogens is 1. The van der Waals surface area contributed by atoms with Crippen LogP contribution >= 0.6 is 12.4 Å². The molecular weight excluding hydrogens is 164 g/mol. The van der Waals surface area contributed by atoms with Crippen LogP contribution in [0.15, 0.2) is 16.6 Å². The minimum atomic E-state index is -0.176. The molecule has 0 aromatic rings. The number of amides is 1. The molecule has 1 atom stereocenters. The van der Waals surface area contributed by atoms with Crippen LogP contribution in [0, 0.1) is 5.92 Å². The number of hydrogen-bond acceptors (Lipinski definition) is 2. The Hall–Kier alpha value is -0.670. The van der Waals surface area contributed by atoms with Crippen molar-refractivity contribution in [2.45, 2.75) is 6.92 Å². The van der Waals surface area contributed by atoms with Crippen molar-refractivity contribution >= 4 is 24.5 Å². The number of nitrogens with two attached hydrogens (primary N) is 1. The van der Waals surface area contributed by atoms with Crippen molar-refractivity contribution in [3.05, 3.63) is 11.6 Å². The van der Waals surface area contributed by atoms with E-state index in [2.05, 4.69) is 4.99 Å². The maximum absolute atomic E-state index is 10.9. The molecule has 1 rings (SSSR count). The third-order valence-corrected chi connectivity index (χ3v) is 1.62. The van der Waals surface area contributed by atoms with E-state index < -0.39 is 0 Å². The lowest BCUT2D eigenvalue weighted by Crippen LogP contribution is -2.25. The van der Waals surface area contributed by atoms with Crippen molar-refractivity contribution in [2.75, 3.05) is 6.54 Å². The zero-order valence-corrected chi connectivity index (χ0v) is 7.10. The van der Waals surface area contributed by atoms with Gasteiger partial charge in [0.25, 0.3) is 5.91 Å². The first-order valence-electron chi connectivity index (χ1n) is 3.20. The summed E-state index contributed by atoms with van der Waals surface area (Å²) in [5.41, 5.74) is 6.35. The molecule has 0 bridgehead atoms. The lowest BCUT2D eigenvalue weighted by Gasteiger charge is -2.12. The van der Waals surface area contributed by atoms with Crippen molar-refractivity contribution in [1.29, 1.82) is 0 Å². The Kier molecular flexibility index (Phi) is 4.00. The van der Waals surface area contributed by atoms with Crippen LogP contribution in [0.4, 0.5) is 0 Å². The number of carbonyl (C=O) groups is 1. The molecule has 4 heteroatoms. The van der Waals surface area contributed by atoms with E-state index in [1.54, 1.807) is 0 Å². The van der Waals surface area contributed by atoms with E-state index in [-0.39, 0.29) is 24.2 Å². The Morgan fingerprint density at radius 2 is 2.36 bits per heavy atom. The van der Waals surface area contributed by atoms with Crippen LogP contribution in [0.2, 0.25) is 0 Å². The van der Waals surface area contributed by atoms with Crippen LogP contribution < -0.4 is 5.73 Å². The average molecular weight is 175 g/mol. The van der Waals surface area contributed by atoms with Crippen molar-refractivity contribution < 1.29 is 4.79 Å². The first-order chi connectivity index (χ1) is 4.75. The van der Waals surface area contributed by atoms with Crippen molar-refractivity contribution in [3.8, 4) is 0 Å². The SMILES string of the molecule is CC1=CC=NC(=O)C1CN.Cl. The van der Waals surface area contributed by atoms with Crippen molar-refractivity contribution in [2.24, 2.45) is 16.6 Å². The van der Waals surface area contributed by atoms with Crippen LogP contribution in [-0.4, -0.2) is 18.7 Å². The number of aliphatic imine (C=N–C) groups is 1. The van der Waals surface area contributed by atoms with Gasteiger partial charge in [-0.15, -0.1) is 12.4 Å². The van der Waals surface area contributed by atoms with Gasteiger partial charge in [0.05, 0.1) is 5.92 Å². The molecule has 0 aromatic carbocycles. The summed E-state index contributed by atoms with van der Waals surface area (Å²) in [5, 5.41) is 0. The van der Waals surface area contributed by atoms with Gasteiger partial charge in [0, 0.05) is 12.8 Å². The van der Waals surface area contributed by atoms with Gasteiger partial charge in [-0.05, 0) is 13.0 Å². The lowest BCUT2D eigenvalue weighted by molar-refractivity contribution is -0.120. The molecule has 0 saturated heterocycles. The molecule has 11 heavy (non-hydrogen) atoms. The zero-order valence-electron chi connectivity index (χ0n) is 6.28. The molecule has 1 unspecified atom stereocenters. The quantitative estimate of drug-likeness (QED) is 0.631. The fourth-order valence-electron chi connectivity index (χ4n) is 0.916. The van der Waals surface area contributed by atoms with Gasteiger partial charge in [0.1, 0.15) is 0 Å². The van der Waals surface area contributed by atoms with Gasteiger partial charge in [-0.2, -0.15) is 0 Å². The summed E-state index contributed by atoms with van der Waals surface area (Å²) >= 11 is 0. The molecule has 0 radical (unpaired) electrons. The van der Waals surface area contributed by atoms with E-state index in [0.29, 0.717) is 6.54 Å². The third-order valence-electron chi connectivity index (χ3n) is 1.62. The van der Waals surface area contributed by atoms with E-state index in [1.165, 1.54) is 6.21 Å². The second-order valence-electron chi connectivity index (χ2n) is 2.32. The number of dihydropyridines is 1. The summed E-state index contributed by atoms with van der Waals surface area (Å²) in [7, 11) is 0. The second-order valence-corrected chi connectivity index (χ2v) is 2.32. The monoisotopic (exact) mass is 174 g/mol. The highest BCUT2D eigenvalue weighted by Crippen LogP contribution is 2.12. The molecule has 0 fully saturated rings. The first-order valence-corrected chi connectivity index (χ1v) is 3.20. The van der Waals surface area contributed by atoms with Gasteiger partial charge in [-0.3, -0.25) is 4.79 Å². The predicted molar refractivity (Wildman–Crippen MR) is 47.0 cm³/mol. The summed E-state index contributed by atoms with van der Waals surface area (Å²) in [6.07, 6.45) is 3.34. The van der Waals surface area contributed by atoms with E-state index in [4.69, 9.17) is 5.73 Å². The maximum Gasteiger partial charge on any atom is 0.254 e. The van der Waals surface area contributed by atoms with Gasteiger partial charge in [-0.1, -0.05) is 5.57 Å². The smallest absolute Gasteiger partial charge is 0.254 e. The van der Waals surface area contributed by atoms with Crippen molar-refractivity contribution in [1.82, 2.24) is 0 Å². The molecule has 3 nitrogen and oxygen atoms in total. The van der Waals surface area contributed by atoms with Gasteiger partial charge in [0.15, 0.2) is 0 Å². The van der Waals surface area contributed by atoms with Crippen LogP contribution in [0.5, 0.6) is 0 Å². The van der Waals surface area contributed by atoms with Crippen molar-refractivity contribution in [3.63, 3.8) is 0 Å². The number of carbonyl (C=O) groups excluding carboxylic acids is 1. The van der Waals surface area contributed by atoms with Gasteiger partial charge in [-0.25, -0.2) is 4.99 Å². The Balaban J connectivity index is 0.000001000. The van der Waals surface area contributed by atoms with Gasteiger partial charge >= 0.3 is 0 Å². The predicted octanol–water partition coefficient (Wildman–Crippen LogP) is 0.540. The minimum Gasteiger partial charge on any atom is -0.329 e. The van der Waals surface area contributed by atoms with Crippen LogP contribution in [-0.2, 0) is 4.79 Å². The number of rotatable bonds is 1. The van der Waals surface area contributed by atoms with Crippen LogP contribution in [0.1, 0.15) is 6.92 Å². The summed E-state index contributed by atoms with van der Waals surface area (Å²) in [6, 6.07) is 0. The Morgan fingerprint density at radius 1 is 1.73 bits per heavy atom. The Morgan fingerprint density at radius 3 is 2.73 bits per heavy atom. The molecule has 0 aliphatic carbocycles. The molecular formula is C7H11ClN2O. The molecule has 1 amide bonds. The third kappa shape index (κ3) is 2.13. The van der Waals surface area contributed by atoms with E-state index in [9.17, 15) is 4.79 Å². The van der Waals surface area contributed by atoms with Gasteiger partial charge < -0.3 is 5.73 Å². The minimum absolute atomic E-state index is 0. The normalized spacial score (nSPS) is 22.5. The largest absolute Gasteiger partial charge is 0.329 e. The van der Waals surface area contributed by atoms with E-state index in [1.807, 2.05) is 13.0 Å². The average Bonchev–Trinajstić information content (AvgIpc) is 1.88. The standard InChI is InChI=1S/C7H10N2O.ClH/c1-5-2-3-9-7(10)6(5)4-8;/h2-3,6H,4,8H2,1H3;1H. The first kappa shape index (κ1) is 10.3. The second kappa shape index (κ2) is 4.26. The van der Waals surface area contributed by atoms with Crippen LogP contribution in [0.25, 0.3) is 0 Å². The summed E-state index contributed by atoms with van der Waals surface area (Å²) < 4.78 is 0. The Bertz CT molecular complexity index is 210. The maximum atomic E-state index is 10.9.